The number of nitrogens with two attached hydrogens (primary N) is 1. The van der Waals surface area contributed by atoms with Gasteiger partial charge in [-0.2, -0.15) is 0 Å². The van der Waals surface area contributed by atoms with Gasteiger partial charge < -0.3 is 15.2 Å². The average molecular weight is 184 g/mol. The van der Waals surface area contributed by atoms with E-state index >= 15 is 0 Å². The van der Waals surface area contributed by atoms with Crippen molar-refractivity contribution in [2.24, 2.45) is 10.7 Å². The molecule has 1 saturated carbocycles. The molecule has 2 rings (SSSR count). The summed E-state index contributed by atoms with van der Waals surface area (Å²) in [6.07, 6.45) is 4.56. The van der Waals surface area contributed by atoms with Crippen LogP contribution >= 0.6 is 0 Å². The van der Waals surface area contributed by atoms with Gasteiger partial charge in [0.2, 0.25) is 0 Å². The second-order valence-corrected chi connectivity index (χ2v) is 3.89. The molecule has 0 saturated heterocycles. The number of methoxy groups -OCH3 is 1. The van der Waals surface area contributed by atoms with Gasteiger partial charge >= 0.3 is 0 Å². The van der Waals surface area contributed by atoms with Crippen LogP contribution < -0.4 is 5.73 Å². The number of hydrogen-bond acceptors (Lipinski definition) is 4. The first-order valence-corrected chi connectivity index (χ1v) is 4.76. The molecule has 0 amide bonds. The molecule has 0 radical (unpaired) electrons. The van der Waals surface area contributed by atoms with Crippen molar-refractivity contribution in [2.75, 3.05) is 13.7 Å². The Labute approximate surface area is 78.1 Å². The highest BCUT2D eigenvalue weighted by Gasteiger charge is 2.41. The van der Waals surface area contributed by atoms with E-state index in [1.807, 2.05) is 0 Å². The van der Waals surface area contributed by atoms with Gasteiger partial charge in [-0.05, 0) is 19.3 Å². The second kappa shape index (κ2) is 3.18. The van der Waals surface area contributed by atoms with Crippen LogP contribution in [0.15, 0.2) is 4.99 Å². The van der Waals surface area contributed by atoms with E-state index in [1.54, 1.807) is 7.11 Å². The van der Waals surface area contributed by atoms with Crippen LogP contribution in [0.3, 0.4) is 0 Å². The lowest BCUT2D eigenvalue weighted by molar-refractivity contribution is -0.0335. The highest BCUT2D eigenvalue weighted by atomic mass is 16.5. The quantitative estimate of drug-likeness (QED) is 0.651. The van der Waals surface area contributed by atoms with Crippen LogP contribution in [0.4, 0.5) is 0 Å². The monoisotopic (exact) mass is 184 g/mol. The van der Waals surface area contributed by atoms with E-state index in [0.29, 0.717) is 18.7 Å². The molecular weight excluding hydrogens is 168 g/mol. The molecule has 0 aromatic rings. The highest BCUT2D eigenvalue weighted by Crippen LogP contribution is 2.35. The predicted molar refractivity (Wildman–Crippen MR) is 49.6 cm³/mol. The third kappa shape index (κ3) is 1.63. The van der Waals surface area contributed by atoms with Crippen LogP contribution in [-0.4, -0.2) is 31.4 Å². The van der Waals surface area contributed by atoms with Gasteiger partial charge in [0, 0.05) is 13.5 Å². The molecule has 1 aliphatic carbocycles. The predicted octanol–water partition coefficient (Wildman–Crippen LogP) is 0.659. The molecule has 0 aromatic heterocycles. The maximum atomic E-state index is 5.57. The molecule has 0 bridgehead atoms. The fraction of sp³-hybridized carbons (Fsp3) is 0.889. The zero-order valence-electron chi connectivity index (χ0n) is 7.95. The van der Waals surface area contributed by atoms with Crippen LogP contribution in [0.5, 0.6) is 0 Å². The first-order valence-electron chi connectivity index (χ1n) is 4.76. The van der Waals surface area contributed by atoms with Crippen molar-refractivity contribution < 1.29 is 9.47 Å². The lowest BCUT2D eigenvalue weighted by Gasteiger charge is -2.35. The molecule has 74 valence electrons. The number of ether oxygens (including phenoxy) is 2. The van der Waals surface area contributed by atoms with Crippen molar-refractivity contribution in [2.45, 2.75) is 37.4 Å². The van der Waals surface area contributed by atoms with Gasteiger partial charge in [-0.3, -0.25) is 0 Å². The van der Waals surface area contributed by atoms with Gasteiger partial charge in [-0.15, -0.1) is 0 Å². The van der Waals surface area contributed by atoms with Crippen LogP contribution in [-0.2, 0) is 9.47 Å². The maximum Gasteiger partial charge on any atom is 0.282 e. The molecule has 4 nitrogen and oxygen atoms in total. The Hall–Kier alpha value is -0.770. The van der Waals surface area contributed by atoms with E-state index in [9.17, 15) is 0 Å². The van der Waals surface area contributed by atoms with Crippen LogP contribution in [0.1, 0.15) is 25.7 Å². The SMILES string of the molecule is COC1CCCC2(CN=C(N)O2)C1. The molecule has 1 aliphatic heterocycles. The molecule has 1 heterocycles. The van der Waals surface area contributed by atoms with E-state index in [-0.39, 0.29) is 5.60 Å². The summed E-state index contributed by atoms with van der Waals surface area (Å²) in [5.74, 6) is 0. The van der Waals surface area contributed by atoms with E-state index in [1.165, 1.54) is 0 Å². The summed E-state index contributed by atoms with van der Waals surface area (Å²) in [4.78, 5) is 4.10. The third-order valence-electron chi connectivity index (χ3n) is 2.94. The van der Waals surface area contributed by atoms with Crippen LogP contribution in [0.2, 0.25) is 0 Å². The normalized spacial score (nSPS) is 38.8. The van der Waals surface area contributed by atoms with Gasteiger partial charge in [-0.25, -0.2) is 4.99 Å². The molecule has 1 fully saturated rings. The largest absolute Gasteiger partial charge is 0.457 e. The van der Waals surface area contributed by atoms with Gasteiger partial charge in [0.1, 0.15) is 5.60 Å². The first kappa shape index (κ1) is 8.81. The number of aliphatic imine (C=N–C) groups is 1. The Morgan fingerprint density at radius 3 is 3.15 bits per heavy atom. The lowest BCUT2D eigenvalue weighted by atomic mass is 9.83. The number of hydrogen-bond donors (Lipinski definition) is 1. The molecule has 2 unspecified atom stereocenters. The minimum Gasteiger partial charge on any atom is -0.457 e. The smallest absolute Gasteiger partial charge is 0.282 e. The van der Waals surface area contributed by atoms with Crippen molar-refractivity contribution in [1.29, 1.82) is 0 Å². The van der Waals surface area contributed by atoms with Gasteiger partial charge in [0.15, 0.2) is 0 Å². The summed E-state index contributed by atoms with van der Waals surface area (Å²) in [5.41, 5.74) is 5.38. The summed E-state index contributed by atoms with van der Waals surface area (Å²) < 4.78 is 10.9. The lowest BCUT2D eigenvalue weighted by Crippen LogP contribution is -2.42. The van der Waals surface area contributed by atoms with Crippen molar-refractivity contribution in [1.82, 2.24) is 0 Å². The fourth-order valence-electron chi connectivity index (χ4n) is 2.22. The number of amidine groups is 1. The van der Waals surface area contributed by atoms with Crippen molar-refractivity contribution in [3.05, 3.63) is 0 Å². The second-order valence-electron chi connectivity index (χ2n) is 3.89. The molecular formula is C9H16N2O2. The first-order chi connectivity index (χ1) is 6.24. The van der Waals surface area contributed by atoms with Crippen LogP contribution in [0, 0.1) is 0 Å². The zero-order valence-corrected chi connectivity index (χ0v) is 7.95. The molecule has 4 heteroatoms. The Morgan fingerprint density at radius 2 is 2.54 bits per heavy atom. The van der Waals surface area contributed by atoms with E-state index in [2.05, 4.69) is 4.99 Å². The summed E-state index contributed by atoms with van der Waals surface area (Å²) in [7, 11) is 1.75. The van der Waals surface area contributed by atoms with Crippen molar-refractivity contribution in [3.63, 3.8) is 0 Å². The summed E-state index contributed by atoms with van der Waals surface area (Å²) in [6, 6.07) is 0.344. The minimum atomic E-state index is -0.136. The summed E-state index contributed by atoms with van der Waals surface area (Å²) in [6.45, 7) is 0.707. The molecule has 2 aliphatic rings. The molecule has 2 N–H and O–H groups in total. The Morgan fingerprint density at radius 1 is 1.69 bits per heavy atom. The molecule has 13 heavy (non-hydrogen) atoms. The number of nitrogens with zero attached hydrogens (tertiary/aromatic N) is 1. The molecule has 1 spiro atoms. The average Bonchev–Trinajstić information content (AvgIpc) is 2.47. The van der Waals surface area contributed by atoms with Crippen molar-refractivity contribution >= 4 is 6.02 Å². The molecule has 0 aromatic carbocycles. The maximum absolute atomic E-state index is 5.57. The summed E-state index contributed by atoms with van der Waals surface area (Å²) in [5, 5.41) is 0. The fourth-order valence-corrected chi connectivity index (χ4v) is 2.22. The zero-order chi connectivity index (χ0) is 9.31. The Kier molecular flexibility index (Phi) is 2.15. The third-order valence-corrected chi connectivity index (χ3v) is 2.94. The Bertz CT molecular complexity index is 230. The van der Waals surface area contributed by atoms with Crippen molar-refractivity contribution in [3.8, 4) is 0 Å². The molecule has 2 atom stereocenters. The highest BCUT2D eigenvalue weighted by molar-refractivity contribution is 5.73. The van der Waals surface area contributed by atoms with Crippen LogP contribution in [0.25, 0.3) is 0 Å². The standard InChI is InChI=1S/C9H16N2O2/c1-12-7-3-2-4-9(5-7)6-11-8(10)13-9/h7H,2-6H2,1H3,(H2,10,11). The minimum absolute atomic E-state index is 0.136. The van der Waals surface area contributed by atoms with Gasteiger partial charge in [-0.1, -0.05) is 0 Å². The van der Waals surface area contributed by atoms with Gasteiger partial charge in [0.05, 0.1) is 12.6 Å². The van der Waals surface area contributed by atoms with E-state index in [4.69, 9.17) is 15.2 Å². The summed E-state index contributed by atoms with van der Waals surface area (Å²) >= 11 is 0. The van der Waals surface area contributed by atoms with E-state index < -0.39 is 0 Å². The van der Waals surface area contributed by atoms with Gasteiger partial charge in [0.25, 0.3) is 6.02 Å². The topological polar surface area (TPSA) is 56.8 Å². The van der Waals surface area contributed by atoms with E-state index in [0.717, 1.165) is 25.7 Å². The number of rotatable bonds is 1. The Balaban J connectivity index is 2.00.